The lowest BCUT2D eigenvalue weighted by atomic mass is 10.1. The Labute approximate surface area is 139 Å². The summed E-state index contributed by atoms with van der Waals surface area (Å²) in [5, 5.41) is 14.3. The number of rotatable bonds is 3. The number of aryl methyl sites for hydroxylation is 1. The second kappa shape index (κ2) is 5.85. The highest BCUT2D eigenvalue weighted by molar-refractivity contribution is 7.19. The molecular formula is C18H19N3OS. The van der Waals surface area contributed by atoms with Crippen LogP contribution >= 0.6 is 11.3 Å². The number of anilines is 1. The summed E-state index contributed by atoms with van der Waals surface area (Å²) in [7, 11) is 0. The van der Waals surface area contributed by atoms with Crippen molar-refractivity contribution in [2.45, 2.75) is 25.6 Å². The highest BCUT2D eigenvalue weighted by Gasteiger charge is 2.26. The third-order valence-electron chi connectivity index (χ3n) is 4.23. The van der Waals surface area contributed by atoms with Gasteiger partial charge in [-0.05, 0) is 48.2 Å². The predicted octanol–water partition coefficient (Wildman–Crippen LogP) is 3.89. The second-order valence-electron chi connectivity index (χ2n) is 5.96. The van der Waals surface area contributed by atoms with Crippen LogP contribution in [-0.4, -0.2) is 11.3 Å². The van der Waals surface area contributed by atoms with Crippen molar-refractivity contribution in [2.24, 2.45) is 0 Å². The van der Waals surface area contributed by atoms with Crippen molar-refractivity contribution in [1.82, 2.24) is 10.9 Å². The van der Waals surface area contributed by atoms with Crippen LogP contribution in [0.2, 0.25) is 0 Å². The van der Waals surface area contributed by atoms with E-state index in [0.717, 1.165) is 17.7 Å². The van der Waals surface area contributed by atoms with Crippen molar-refractivity contribution in [3.8, 4) is 5.75 Å². The lowest BCUT2D eigenvalue weighted by Crippen LogP contribution is -2.35. The maximum absolute atomic E-state index is 9.50. The van der Waals surface area contributed by atoms with Crippen molar-refractivity contribution >= 4 is 27.1 Å². The first kappa shape index (κ1) is 14.5. The second-order valence-corrected chi connectivity index (χ2v) is 7.08. The summed E-state index contributed by atoms with van der Waals surface area (Å²) in [4.78, 5) is 1.35. The first-order chi connectivity index (χ1) is 11.2. The van der Waals surface area contributed by atoms with Gasteiger partial charge in [0.25, 0.3) is 0 Å². The summed E-state index contributed by atoms with van der Waals surface area (Å²) in [6.07, 6.45) is 1.13. The number of hydrogen-bond acceptors (Lipinski definition) is 5. The van der Waals surface area contributed by atoms with Crippen molar-refractivity contribution in [3.05, 3.63) is 59.0 Å². The molecule has 1 aliphatic rings. The number of aromatic hydroxyl groups is 1. The maximum Gasteiger partial charge on any atom is 0.115 e. The largest absolute Gasteiger partial charge is 0.508 e. The van der Waals surface area contributed by atoms with Gasteiger partial charge in [-0.25, -0.2) is 10.9 Å². The topological polar surface area (TPSA) is 56.3 Å². The van der Waals surface area contributed by atoms with Crippen LogP contribution < -0.4 is 16.2 Å². The number of thiophene rings is 1. The quantitative estimate of drug-likeness (QED) is 0.552. The number of nitrogens with one attached hydrogen (secondary N) is 3. The molecule has 0 saturated carbocycles. The lowest BCUT2D eigenvalue weighted by Gasteiger charge is -2.15. The Hall–Kier alpha value is -2.08. The number of hydrogen-bond donors (Lipinski definition) is 4. The summed E-state index contributed by atoms with van der Waals surface area (Å²) < 4.78 is 1.33. The van der Waals surface area contributed by atoms with Gasteiger partial charge in [0, 0.05) is 21.7 Å². The third kappa shape index (κ3) is 2.91. The molecule has 23 heavy (non-hydrogen) atoms. The van der Waals surface area contributed by atoms with E-state index in [-0.39, 0.29) is 6.17 Å². The molecule has 0 amide bonds. The molecule has 1 aliphatic heterocycles. The zero-order chi connectivity index (χ0) is 15.8. The minimum absolute atomic E-state index is 0.161. The molecule has 118 valence electrons. The fraction of sp³-hybridized carbons (Fsp3) is 0.222. The van der Waals surface area contributed by atoms with E-state index in [4.69, 9.17) is 0 Å². The Morgan fingerprint density at radius 2 is 2.00 bits per heavy atom. The van der Waals surface area contributed by atoms with Crippen LogP contribution in [0.4, 0.5) is 5.69 Å². The van der Waals surface area contributed by atoms with Gasteiger partial charge < -0.3 is 10.4 Å². The van der Waals surface area contributed by atoms with E-state index < -0.39 is 0 Å². The zero-order valence-electron chi connectivity index (χ0n) is 12.8. The number of phenolic OH excluding ortho intramolecular Hbond substituents is 1. The van der Waals surface area contributed by atoms with Crippen LogP contribution in [0, 0.1) is 6.92 Å². The highest BCUT2D eigenvalue weighted by Crippen LogP contribution is 2.33. The summed E-state index contributed by atoms with van der Waals surface area (Å²) in [6, 6.07) is 16.5. The van der Waals surface area contributed by atoms with E-state index in [1.807, 2.05) is 24.3 Å². The first-order valence-corrected chi connectivity index (χ1v) is 8.56. The number of benzene rings is 2. The van der Waals surface area contributed by atoms with Crippen LogP contribution in [0.5, 0.6) is 5.75 Å². The zero-order valence-corrected chi connectivity index (χ0v) is 13.7. The van der Waals surface area contributed by atoms with Crippen LogP contribution in [0.1, 0.15) is 22.9 Å². The molecule has 0 bridgehead atoms. The van der Waals surface area contributed by atoms with Crippen LogP contribution in [0.15, 0.2) is 48.5 Å². The van der Waals surface area contributed by atoms with Crippen molar-refractivity contribution in [1.29, 1.82) is 0 Å². The van der Waals surface area contributed by atoms with Crippen molar-refractivity contribution in [3.63, 3.8) is 0 Å². The summed E-state index contributed by atoms with van der Waals surface area (Å²) >= 11 is 1.84. The molecule has 4 nitrogen and oxygen atoms in total. The molecule has 1 fully saturated rings. The Kier molecular flexibility index (Phi) is 3.69. The fourth-order valence-corrected chi connectivity index (χ4v) is 4.14. The Morgan fingerprint density at radius 3 is 2.83 bits per heavy atom. The van der Waals surface area contributed by atoms with Gasteiger partial charge in [0.2, 0.25) is 0 Å². The maximum atomic E-state index is 9.50. The van der Waals surface area contributed by atoms with Gasteiger partial charge in [0.05, 0.1) is 12.2 Å². The summed E-state index contributed by atoms with van der Waals surface area (Å²) in [5.41, 5.74) is 8.79. The van der Waals surface area contributed by atoms with Crippen LogP contribution in [0.3, 0.4) is 0 Å². The van der Waals surface area contributed by atoms with Gasteiger partial charge in [0.15, 0.2) is 0 Å². The molecule has 0 spiro atoms. The monoisotopic (exact) mass is 325 g/mol. The van der Waals surface area contributed by atoms with E-state index in [1.165, 1.54) is 15.0 Å². The molecule has 2 heterocycles. The normalized spacial score (nSPS) is 20.9. The minimum Gasteiger partial charge on any atom is -0.508 e. The minimum atomic E-state index is 0.161. The van der Waals surface area contributed by atoms with Gasteiger partial charge in [-0.1, -0.05) is 18.2 Å². The van der Waals surface area contributed by atoms with Crippen LogP contribution in [0.25, 0.3) is 10.1 Å². The molecule has 1 saturated heterocycles. The number of phenols is 1. The number of hydrazine groups is 1. The molecule has 2 aromatic carbocycles. The average molecular weight is 325 g/mol. The Morgan fingerprint density at radius 1 is 1.13 bits per heavy atom. The lowest BCUT2D eigenvalue weighted by molar-refractivity contribution is 0.475. The van der Waals surface area contributed by atoms with Gasteiger partial charge in [-0.2, -0.15) is 0 Å². The first-order valence-electron chi connectivity index (χ1n) is 7.75. The summed E-state index contributed by atoms with van der Waals surface area (Å²) in [5.74, 6) is 0.300. The SMILES string of the molecule is Cc1cc(O)ccc1NC1CC(c2cc3ccccc3s2)NN1. The number of fused-ring (bicyclic) bond motifs is 1. The van der Waals surface area contributed by atoms with Crippen LogP contribution in [-0.2, 0) is 0 Å². The van der Waals surface area contributed by atoms with E-state index in [9.17, 15) is 5.11 Å². The third-order valence-corrected chi connectivity index (χ3v) is 5.46. The Balaban J connectivity index is 1.48. The van der Waals surface area contributed by atoms with Gasteiger partial charge >= 0.3 is 0 Å². The van der Waals surface area contributed by atoms with Gasteiger partial charge in [-0.3, -0.25) is 0 Å². The molecule has 2 unspecified atom stereocenters. The molecular weight excluding hydrogens is 306 g/mol. The van der Waals surface area contributed by atoms with Crippen molar-refractivity contribution < 1.29 is 5.11 Å². The smallest absolute Gasteiger partial charge is 0.115 e. The van der Waals surface area contributed by atoms with E-state index >= 15 is 0 Å². The van der Waals surface area contributed by atoms with E-state index in [2.05, 4.69) is 46.5 Å². The fourth-order valence-electron chi connectivity index (χ4n) is 3.01. The summed E-state index contributed by atoms with van der Waals surface area (Å²) in [6.45, 7) is 1.99. The molecule has 4 N–H and O–H groups in total. The molecule has 1 aromatic heterocycles. The average Bonchev–Trinajstić information content (AvgIpc) is 3.16. The standard InChI is InChI=1S/C18H19N3OS/c1-11-8-13(22)6-7-14(11)19-18-10-15(20-21-18)17-9-12-4-2-3-5-16(12)23-17/h2-9,15,18-22H,10H2,1H3. The molecule has 0 radical (unpaired) electrons. The van der Waals surface area contributed by atoms with Gasteiger partial charge in [0.1, 0.15) is 5.75 Å². The van der Waals surface area contributed by atoms with E-state index in [1.54, 1.807) is 12.1 Å². The van der Waals surface area contributed by atoms with Crippen molar-refractivity contribution in [2.75, 3.05) is 5.32 Å². The molecule has 4 rings (SSSR count). The van der Waals surface area contributed by atoms with Gasteiger partial charge in [-0.15, -0.1) is 11.3 Å². The Bertz CT molecular complexity index is 812. The highest BCUT2D eigenvalue weighted by atomic mass is 32.1. The molecule has 3 aromatic rings. The molecule has 0 aliphatic carbocycles. The predicted molar refractivity (Wildman–Crippen MR) is 95.7 cm³/mol. The molecule has 2 atom stereocenters. The molecule has 5 heteroatoms. The van der Waals surface area contributed by atoms with E-state index in [0.29, 0.717) is 11.8 Å².